The predicted octanol–water partition coefficient (Wildman–Crippen LogP) is 2.88. The first kappa shape index (κ1) is 19.2. The van der Waals surface area contributed by atoms with Crippen molar-refractivity contribution in [2.24, 2.45) is 4.99 Å². The topological polar surface area (TPSA) is 107 Å². The SMILES string of the molecule is CCC(=Nc1cnn(C2CCNCC2)c1)c1c(O)[nH]c2ccc(C(=O)NC)cc12. The normalized spacial score (nSPS) is 15.7. The largest absolute Gasteiger partial charge is 0.494 e. The van der Waals surface area contributed by atoms with E-state index in [2.05, 4.69) is 20.7 Å². The molecule has 1 saturated heterocycles. The van der Waals surface area contributed by atoms with Crippen LogP contribution in [0.4, 0.5) is 5.69 Å². The minimum absolute atomic E-state index is 0.0559. The van der Waals surface area contributed by atoms with Crippen molar-refractivity contribution >= 4 is 28.2 Å². The van der Waals surface area contributed by atoms with E-state index in [1.807, 2.05) is 17.8 Å². The molecule has 29 heavy (non-hydrogen) atoms. The monoisotopic (exact) mass is 394 g/mol. The van der Waals surface area contributed by atoms with Gasteiger partial charge >= 0.3 is 0 Å². The summed E-state index contributed by atoms with van der Waals surface area (Å²) in [5, 5.41) is 21.8. The number of aromatic hydroxyl groups is 1. The molecule has 0 aliphatic carbocycles. The molecular weight excluding hydrogens is 368 g/mol. The molecule has 0 atom stereocenters. The van der Waals surface area contributed by atoms with Gasteiger partial charge in [-0.05, 0) is 50.6 Å². The molecule has 3 aromatic rings. The number of nitrogens with one attached hydrogen (secondary N) is 3. The fourth-order valence-electron chi connectivity index (χ4n) is 3.88. The smallest absolute Gasteiger partial charge is 0.251 e. The van der Waals surface area contributed by atoms with Crippen LogP contribution in [0.15, 0.2) is 35.6 Å². The number of piperidine rings is 1. The average molecular weight is 394 g/mol. The lowest BCUT2D eigenvalue weighted by Crippen LogP contribution is -2.29. The van der Waals surface area contributed by atoms with E-state index in [1.54, 1.807) is 31.4 Å². The number of aromatic nitrogens is 3. The summed E-state index contributed by atoms with van der Waals surface area (Å²) in [4.78, 5) is 19.8. The number of aliphatic imine (C=N–C) groups is 1. The zero-order chi connectivity index (χ0) is 20.4. The summed E-state index contributed by atoms with van der Waals surface area (Å²) < 4.78 is 1.99. The zero-order valence-electron chi connectivity index (χ0n) is 16.7. The number of H-pyrrole nitrogens is 1. The molecule has 8 heteroatoms. The molecule has 1 aliphatic rings. The van der Waals surface area contributed by atoms with Crippen molar-refractivity contribution in [1.29, 1.82) is 0 Å². The Kier molecular flexibility index (Phi) is 5.35. The van der Waals surface area contributed by atoms with Gasteiger partial charge in [0.1, 0.15) is 5.69 Å². The summed E-state index contributed by atoms with van der Waals surface area (Å²) in [6.07, 6.45) is 6.46. The van der Waals surface area contributed by atoms with Crippen molar-refractivity contribution in [2.45, 2.75) is 32.2 Å². The van der Waals surface area contributed by atoms with E-state index < -0.39 is 0 Å². The molecule has 0 spiro atoms. The van der Waals surface area contributed by atoms with E-state index in [-0.39, 0.29) is 11.8 Å². The van der Waals surface area contributed by atoms with Gasteiger partial charge in [0.25, 0.3) is 5.91 Å². The molecule has 2 aromatic heterocycles. The highest BCUT2D eigenvalue weighted by Crippen LogP contribution is 2.31. The molecular formula is C21H26N6O2. The Balaban J connectivity index is 1.72. The van der Waals surface area contributed by atoms with Crippen LogP contribution in [0.3, 0.4) is 0 Å². The van der Waals surface area contributed by atoms with Gasteiger partial charge in [-0.3, -0.25) is 9.48 Å². The van der Waals surface area contributed by atoms with Crippen molar-refractivity contribution in [2.75, 3.05) is 20.1 Å². The minimum atomic E-state index is -0.170. The van der Waals surface area contributed by atoms with Crippen LogP contribution in [0.2, 0.25) is 0 Å². The van der Waals surface area contributed by atoms with Gasteiger partial charge in [-0.25, -0.2) is 4.99 Å². The van der Waals surface area contributed by atoms with Crippen LogP contribution < -0.4 is 10.6 Å². The summed E-state index contributed by atoms with van der Waals surface area (Å²) in [7, 11) is 1.60. The zero-order valence-corrected chi connectivity index (χ0v) is 16.7. The molecule has 0 saturated carbocycles. The van der Waals surface area contributed by atoms with E-state index in [0.29, 0.717) is 23.6 Å². The molecule has 3 heterocycles. The Morgan fingerprint density at radius 2 is 2.17 bits per heavy atom. The van der Waals surface area contributed by atoms with Gasteiger partial charge in [-0.15, -0.1) is 0 Å². The number of rotatable bonds is 5. The third-order valence-electron chi connectivity index (χ3n) is 5.43. The van der Waals surface area contributed by atoms with Crippen LogP contribution in [-0.2, 0) is 0 Å². The highest BCUT2D eigenvalue weighted by molar-refractivity contribution is 6.14. The maximum absolute atomic E-state index is 12.0. The second-order valence-electron chi connectivity index (χ2n) is 7.26. The Morgan fingerprint density at radius 3 is 2.90 bits per heavy atom. The van der Waals surface area contributed by atoms with E-state index >= 15 is 0 Å². The molecule has 1 aromatic carbocycles. The van der Waals surface area contributed by atoms with Crippen molar-refractivity contribution in [1.82, 2.24) is 25.4 Å². The first-order valence-corrected chi connectivity index (χ1v) is 10.00. The quantitative estimate of drug-likeness (QED) is 0.499. The first-order valence-electron chi connectivity index (χ1n) is 10.00. The number of hydrogen-bond donors (Lipinski definition) is 4. The van der Waals surface area contributed by atoms with Crippen LogP contribution in [0, 0.1) is 0 Å². The van der Waals surface area contributed by atoms with E-state index in [1.165, 1.54) is 0 Å². The molecule has 0 unspecified atom stereocenters. The highest BCUT2D eigenvalue weighted by atomic mass is 16.3. The van der Waals surface area contributed by atoms with Gasteiger partial charge in [0.15, 0.2) is 5.88 Å². The Hall–Kier alpha value is -3.13. The third kappa shape index (κ3) is 3.75. The molecule has 0 bridgehead atoms. The lowest BCUT2D eigenvalue weighted by Gasteiger charge is -2.22. The number of nitrogens with zero attached hydrogens (tertiary/aromatic N) is 3. The Labute approximate surface area is 169 Å². The van der Waals surface area contributed by atoms with Gasteiger partial charge in [-0.2, -0.15) is 5.10 Å². The molecule has 152 valence electrons. The van der Waals surface area contributed by atoms with E-state index in [4.69, 9.17) is 4.99 Å². The minimum Gasteiger partial charge on any atom is -0.494 e. The van der Waals surface area contributed by atoms with Crippen LogP contribution >= 0.6 is 0 Å². The molecule has 1 aliphatic heterocycles. The van der Waals surface area contributed by atoms with Crippen LogP contribution in [0.1, 0.15) is 48.1 Å². The van der Waals surface area contributed by atoms with Gasteiger partial charge in [-0.1, -0.05) is 6.92 Å². The van der Waals surface area contributed by atoms with E-state index in [9.17, 15) is 9.90 Å². The molecule has 4 rings (SSSR count). The number of carbonyl (C=O) groups is 1. The first-order chi connectivity index (χ1) is 14.1. The van der Waals surface area contributed by atoms with Crippen molar-refractivity contribution in [3.63, 3.8) is 0 Å². The Morgan fingerprint density at radius 1 is 1.38 bits per heavy atom. The van der Waals surface area contributed by atoms with Crippen molar-refractivity contribution in [3.8, 4) is 5.88 Å². The van der Waals surface area contributed by atoms with Gasteiger partial charge in [0, 0.05) is 23.5 Å². The van der Waals surface area contributed by atoms with E-state index in [0.717, 1.165) is 48.2 Å². The summed E-state index contributed by atoms with van der Waals surface area (Å²) in [6, 6.07) is 5.70. The van der Waals surface area contributed by atoms with Crippen molar-refractivity contribution < 1.29 is 9.90 Å². The van der Waals surface area contributed by atoms with Crippen LogP contribution in [0.5, 0.6) is 5.88 Å². The molecule has 4 N–H and O–H groups in total. The fraction of sp³-hybridized carbons (Fsp3) is 0.381. The third-order valence-corrected chi connectivity index (χ3v) is 5.43. The second-order valence-corrected chi connectivity index (χ2v) is 7.26. The summed E-state index contributed by atoms with van der Waals surface area (Å²) in [5.41, 5.74) is 3.43. The standard InChI is InChI=1S/C21H26N6O2/c1-3-17(25-14-11-24-27(12-14)15-6-8-23-9-7-15)19-16-10-13(20(28)22-2)4-5-18(16)26-21(19)29/h4-5,10-12,15,23,26,29H,3,6-9H2,1-2H3,(H,22,28). The van der Waals surface area contributed by atoms with Gasteiger partial charge in [0.05, 0.1) is 29.7 Å². The molecule has 8 nitrogen and oxygen atoms in total. The lowest BCUT2D eigenvalue weighted by molar-refractivity contribution is 0.0963. The summed E-state index contributed by atoms with van der Waals surface area (Å²) >= 11 is 0. The lowest BCUT2D eigenvalue weighted by atomic mass is 10.0. The number of aromatic amines is 1. The summed E-state index contributed by atoms with van der Waals surface area (Å²) in [5.74, 6) is -0.114. The maximum Gasteiger partial charge on any atom is 0.251 e. The van der Waals surface area contributed by atoms with Gasteiger partial charge < -0.3 is 20.7 Å². The Bertz CT molecular complexity index is 1060. The number of carbonyl (C=O) groups excluding carboxylic acids is 1. The number of fused-ring (bicyclic) bond motifs is 1. The van der Waals surface area contributed by atoms with Crippen LogP contribution in [-0.4, -0.2) is 51.6 Å². The fourth-order valence-corrected chi connectivity index (χ4v) is 3.88. The maximum atomic E-state index is 12.0. The average Bonchev–Trinajstić information content (AvgIpc) is 3.35. The van der Waals surface area contributed by atoms with Crippen molar-refractivity contribution in [3.05, 3.63) is 41.7 Å². The molecule has 0 radical (unpaired) electrons. The highest BCUT2D eigenvalue weighted by Gasteiger charge is 2.19. The predicted molar refractivity (Wildman–Crippen MR) is 113 cm³/mol. The number of benzene rings is 1. The molecule has 1 fully saturated rings. The second kappa shape index (κ2) is 8.08. The summed E-state index contributed by atoms with van der Waals surface area (Å²) in [6.45, 7) is 4.00. The number of amides is 1. The molecule has 1 amide bonds. The number of hydrogen-bond acceptors (Lipinski definition) is 5. The van der Waals surface area contributed by atoms with Crippen LogP contribution in [0.25, 0.3) is 10.9 Å². The van der Waals surface area contributed by atoms with Gasteiger partial charge in [0.2, 0.25) is 0 Å².